The Morgan fingerprint density at radius 1 is 1.23 bits per heavy atom. The number of hydrogen-bond donors (Lipinski definition) is 2. The van der Waals surface area contributed by atoms with Gasteiger partial charge in [0.15, 0.2) is 5.69 Å². The fourth-order valence-corrected chi connectivity index (χ4v) is 4.10. The third-order valence-electron chi connectivity index (χ3n) is 5.26. The van der Waals surface area contributed by atoms with Crippen LogP contribution in [0, 0.1) is 17.8 Å². The lowest BCUT2D eigenvalue weighted by molar-refractivity contribution is -0.120. The van der Waals surface area contributed by atoms with Gasteiger partial charge in [-0.3, -0.25) is 19.1 Å². The summed E-state index contributed by atoms with van der Waals surface area (Å²) < 4.78 is 1.33. The topological polar surface area (TPSA) is 101 Å². The Balaban J connectivity index is 2.00. The summed E-state index contributed by atoms with van der Waals surface area (Å²) in [7, 11) is 0. The molecule has 0 radical (unpaired) electrons. The van der Waals surface area contributed by atoms with Gasteiger partial charge >= 0.3 is 5.69 Å². The Labute approximate surface area is 180 Å². The quantitative estimate of drug-likeness (QED) is 0.701. The van der Waals surface area contributed by atoms with Crippen LogP contribution in [0.3, 0.4) is 0 Å². The summed E-state index contributed by atoms with van der Waals surface area (Å²) in [5.74, 6) is -0.139. The fourth-order valence-electron chi connectivity index (χ4n) is 3.83. The van der Waals surface area contributed by atoms with Crippen LogP contribution in [-0.4, -0.2) is 22.0 Å². The number of nitrogen functional groups attached to an aromatic ring is 1. The number of nitrogens with zero attached hydrogens (tertiary/aromatic N) is 2. The summed E-state index contributed by atoms with van der Waals surface area (Å²) in [6, 6.07) is 7.50. The van der Waals surface area contributed by atoms with Crippen molar-refractivity contribution in [2.24, 2.45) is 17.8 Å². The number of hydrogen-bond acceptors (Lipinski definition) is 4. The van der Waals surface area contributed by atoms with Crippen molar-refractivity contribution >= 4 is 29.0 Å². The number of benzene rings is 1. The normalized spacial score (nSPS) is 18.1. The lowest BCUT2D eigenvalue weighted by Gasteiger charge is -2.26. The highest BCUT2D eigenvalue weighted by Gasteiger charge is 2.47. The minimum atomic E-state index is -0.638. The molecule has 3 rings (SSSR count). The van der Waals surface area contributed by atoms with Gasteiger partial charge in [0.25, 0.3) is 5.56 Å². The van der Waals surface area contributed by atoms with Crippen LogP contribution in [0.15, 0.2) is 33.9 Å². The van der Waals surface area contributed by atoms with E-state index in [4.69, 9.17) is 17.3 Å². The Hall–Kier alpha value is -2.54. The number of rotatable bonds is 7. The van der Waals surface area contributed by atoms with Crippen molar-refractivity contribution in [3.63, 3.8) is 0 Å². The van der Waals surface area contributed by atoms with Gasteiger partial charge in [-0.2, -0.15) is 0 Å². The van der Waals surface area contributed by atoms with Gasteiger partial charge in [-0.05, 0) is 35.8 Å². The molecule has 0 bridgehead atoms. The Morgan fingerprint density at radius 2 is 1.90 bits per heavy atom. The summed E-state index contributed by atoms with van der Waals surface area (Å²) in [5.41, 5.74) is 6.06. The van der Waals surface area contributed by atoms with Crippen LogP contribution in [0.4, 0.5) is 11.5 Å². The number of carbonyl (C=O) groups excluding carboxylic acids is 1. The number of nitrogens with one attached hydrogen (secondary N) is 1. The Kier molecular flexibility index (Phi) is 6.41. The molecule has 0 saturated heterocycles. The number of anilines is 2. The molecule has 2 unspecified atom stereocenters. The van der Waals surface area contributed by atoms with E-state index >= 15 is 0 Å². The monoisotopic (exact) mass is 432 g/mol. The summed E-state index contributed by atoms with van der Waals surface area (Å²) in [5, 5.41) is 0.635. The van der Waals surface area contributed by atoms with E-state index in [-0.39, 0.29) is 41.1 Å². The molecule has 7 nitrogen and oxygen atoms in total. The van der Waals surface area contributed by atoms with Crippen molar-refractivity contribution in [1.82, 2.24) is 9.55 Å². The van der Waals surface area contributed by atoms with Crippen molar-refractivity contribution in [1.29, 1.82) is 0 Å². The standard InChI is InChI=1S/C22H29ClN4O3/c1-12(2)10-26(18-19(24)27(11-13(3)4)22(30)25-20(18)28)21(29)16-9-15(16)14-7-5-6-8-17(14)23/h5-8,12-13,15-16H,9-11,24H2,1-4H3,(H,25,28,30). The SMILES string of the molecule is CC(C)CN(C(=O)C1CC1c1ccccc1Cl)c1c(N)n(CC(C)C)c(=O)[nH]c1=O. The Morgan fingerprint density at radius 3 is 2.50 bits per heavy atom. The minimum Gasteiger partial charge on any atom is -0.383 e. The second kappa shape index (κ2) is 8.68. The van der Waals surface area contributed by atoms with Crippen molar-refractivity contribution in [3.05, 3.63) is 55.7 Å². The second-order valence-electron chi connectivity index (χ2n) is 8.81. The first-order valence-corrected chi connectivity index (χ1v) is 10.7. The first-order valence-electron chi connectivity index (χ1n) is 10.3. The largest absolute Gasteiger partial charge is 0.383 e. The smallest absolute Gasteiger partial charge is 0.330 e. The van der Waals surface area contributed by atoms with E-state index in [9.17, 15) is 14.4 Å². The first kappa shape index (κ1) is 22.2. The van der Waals surface area contributed by atoms with Crippen LogP contribution in [0.5, 0.6) is 0 Å². The molecule has 1 amide bonds. The molecular weight excluding hydrogens is 404 g/mol. The van der Waals surface area contributed by atoms with Crippen molar-refractivity contribution in [3.8, 4) is 0 Å². The third kappa shape index (κ3) is 4.46. The predicted molar refractivity (Wildman–Crippen MR) is 120 cm³/mol. The zero-order chi connectivity index (χ0) is 22.2. The molecule has 1 aliphatic carbocycles. The molecule has 30 heavy (non-hydrogen) atoms. The molecule has 0 aliphatic heterocycles. The van der Waals surface area contributed by atoms with Gasteiger partial charge in [-0.1, -0.05) is 57.5 Å². The summed E-state index contributed by atoms with van der Waals surface area (Å²) in [6.45, 7) is 8.51. The van der Waals surface area contributed by atoms with Gasteiger partial charge in [-0.15, -0.1) is 0 Å². The average molecular weight is 433 g/mol. The predicted octanol–water partition coefficient (Wildman–Crippen LogP) is 3.22. The molecule has 1 aliphatic rings. The second-order valence-corrected chi connectivity index (χ2v) is 9.22. The lowest BCUT2D eigenvalue weighted by Crippen LogP contribution is -2.43. The number of amides is 1. The average Bonchev–Trinajstić information content (AvgIpc) is 3.44. The van der Waals surface area contributed by atoms with Gasteiger partial charge < -0.3 is 10.6 Å². The van der Waals surface area contributed by atoms with Crippen LogP contribution >= 0.6 is 11.6 Å². The highest BCUT2D eigenvalue weighted by atomic mass is 35.5. The summed E-state index contributed by atoms with van der Waals surface area (Å²) in [6.07, 6.45) is 0.667. The zero-order valence-electron chi connectivity index (χ0n) is 17.8. The van der Waals surface area contributed by atoms with Crippen LogP contribution < -0.4 is 21.9 Å². The number of aromatic amines is 1. The third-order valence-corrected chi connectivity index (χ3v) is 5.60. The molecule has 1 aromatic heterocycles. The fraction of sp³-hybridized carbons (Fsp3) is 0.500. The number of halogens is 1. The molecule has 2 aromatic rings. The van der Waals surface area contributed by atoms with Crippen molar-refractivity contribution in [2.75, 3.05) is 17.2 Å². The summed E-state index contributed by atoms with van der Waals surface area (Å²) >= 11 is 6.31. The van der Waals surface area contributed by atoms with E-state index in [1.165, 1.54) is 9.47 Å². The highest BCUT2D eigenvalue weighted by molar-refractivity contribution is 6.31. The van der Waals surface area contributed by atoms with E-state index in [0.717, 1.165) is 5.56 Å². The van der Waals surface area contributed by atoms with Crippen LogP contribution in [0.2, 0.25) is 5.02 Å². The number of aromatic nitrogens is 2. The summed E-state index contributed by atoms with van der Waals surface area (Å²) in [4.78, 5) is 42.2. The zero-order valence-corrected chi connectivity index (χ0v) is 18.6. The molecular formula is C22H29ClN4O3. The molecule has 8 heteroatoms. The van der Waals surface area contributed by atoms with E-state index in [1.807, 2.05) is 52.0 Å². The molecule has 1 saturated carbocycles. The van der Waals surface area contributed by atoms with Gasteiger partial charge in [0.05, 0.1) is 0 Å². The molecule has 1 heterocycles. The maximum absolute atomic E-state index is 13.4. The van der Waals surface area contributed by atoms with Gasteiger partial charge in [-0.25, -0.2) is 4.79 Å². The first-order chi connectivity index (χ1) is 14.1. The van der Waals surface area contributed by atoms with Gasteiger partial charge in [0.2, 0.25) is 5.91 Å². The Bertz CT molecular complexity index is 1060. The molecule has 1 aromatic carbocycles. The van der Waals surface area contributed by atoms with Crippen molar-refractivity contribution < 1.29 is 4.79 Å². The molecule has 162 valence electrons. The minimum absolute atomic E-state index is 0.0164. The van der Waals surface area contributed by atoms with Crippen molar-refractivity contribution in [2.45, 2.75) is 46.6 Å². The van der Waals surface area contributed by atoms with Crippen LogP contribution in [0.25, 0.3) is 0 Å². The molecule has 1 fully saturated rings. The molecule has 2 atom stereocenters. The maximum Gasteiger partial charge on any atom is 0.330 e. The number of H-pyrrole nitrogens is 1. The van der Waals surface area contributed by atoms with E-state index in [0.29, 0.717) is 24.5 Å². The van der Waals surface area contributed by atoms with E-state index in [2.05, 4.69) is 4.98 Å². The van der Waals surface area contributed by atoms with Crippen LogP contribution in [0.1, 0.15) is 45.6 Å². The molecule has 3 N–H and O–H groups in total. The highest BCUT2D eigenvalue weighted by Crippen LogP contribution is 2.50. The van der Waals surface area contributed by atoms with Gasteiger partial charge in [0, 0.05) is 24.0 Å². The number of nitrogens with two attached hydrogens (primary N) is 1. The maximum atomic E-state index is 13.4. The van der Waals surface area contributed by atoms with E-state index < -0.39 is 11.2 Å². The van der Waals surface area contributed by atoms with Gasteiger partial charge in [0.1, 0.15) is 5.82 Å². The number of carbonyl (C=O) groups is 1. The molecule has 0 spiro atoms. The lowest BCUT2D eigenvalue weighted by atomic mass is 10.1. The van der Waals surface area contributed by atoms with Crippen LogP contribution in [-0.2, 0) is 11.3 Å². The van der Waals surface area contributed by atoms with E-state index in [1.54, 1.807) is 0 Å².